The second-order valence-corrected chi connectivity index (χ2v) is 17.7. The number of alkyl halides is 8. The molecule has 23 heteroatoms. The van der Waals surface area contributed by atoms with Crippen LogP contribution in [-0.2, 0) is 41.2 Å². The fourth-order valence-corrected chi connectivity index (χ4v) is 8.31. The molecule has 3 aromatic heterocycles. The molecule has 0 radical (unpaired) electrons. The highest BCUT2D eigenvalue weighted by atomic mass is 35.5. The lowest BCUT2D eigenvalue weighted by molar-refractivity contribution is -0.143. The van der Waals surface area contributed by atoms with E-state index >= 15 is 8.78 Å². The highest BCUT2D eigenvalue weighted by molar-refractivity contribution is 8.00. The highest BCUT2D eigenvalue weighted by Gasteiger charge is 2.53. The number of aromatic nitrogens is 5. The van der Waals surface area contributed by atoms with Crippen molar-refractivity contribution in [1.82, 2.24) is 29.9 Å². The fraction of sp³-hybridized carbons (Fsp3) is 0.405. The SMILES string of the molecule is CO.CSN(C(C)=O)c1nn(CC(F)(F)F)c2c(-c3ccc(C#CC(C)(C)SC)nc3C(Cc3cc(F)cc(F)c3)NC(=O)Cn3nc(C(F)(F)F)c4c3C(F)(F)C[C@@H]4C)ccc(Cl)c12. The van der Waals surface area contributed by atoms with Crippen molar-refractivity contribution < 1.29 is 58.6 Å². The van der Waals surface area contributed by atoms with E-state index in [1.807, 2.05) is 13.8 Å². The van der Waals surface area contributed by atoms with Crippen LogP contribution < -0.4 is 9.62 Å². The summed E-state index contributed by atoms with van der Waals surface area (Å²) in [5.74, 6) is -3.22. The van der Waals surface area contributed by atoms with Crippen molar-refractivity contribution in [3.05, 3.63) is 93.0 Å². The summed E-state index contributed by atoms with van der Waals surface area (Å²) in [6.45, 7) is 3.10. The van der Waals surface area contributed by atoms with Gasteiger partial charge in [-0.15, -0.1) is 11.8 Å². The van der Waals surface area contributed by atoms with Crippen LogP contribution in [-0.4, -0.2) is 72.0 Å². The molecule has 6 rings (SSSR count). The topological polar surface area (TPSA) is 118 Å². The van der Waals surface area contributed by atoms with E-state index in [1.54, 1.807) is 6.26 Å². The number of carbonyl (C=O) groups is 2. The lowest BCUT2D eigenvalue weighted by atomic mass is 9.93. The Morgan fingerprint density at radius 1 is 1.00 bits per heavy atom. The number of nitrogens with one attached hydrogen (secondary N) is 1. The van der Waals surface area contributed by atoms with Gasteiger partial charge in [0.05, 0.1) is 32.4 Å². The van der Waals surface area contributed by atoms with Crippen LogP contribution in [0.5, 0.6) is 0 Å². The first-order valence-corrected chi connectivity index (χ1v) is 22.0. The lowest BCUT2D eigenvalue weighted by Crippen LogP contribution is -2.35. The number of pyridine rings is 1. The van der Waals surface area contributed by atoms with E-state index in [1.165, 1.54) is 49.2 Å². The molecular formula is C42H40ClF10N7O3S2. The fourth-order valence-electron chi connectivity index (χ4n) is 7.37. The van der Waals surface area contributed by atoms with E-state index in [0.717, 1.165) is 42.4 Å². The number of anilines is 1. The van der Waals surface area contributed by atoms with Gasteiger partial charge in [0, 0.05) is 49.5 Å². The Balaban J connectivity index is 0.00000391. The van der Waals surface area contributed by atoms with E-state index in [-0.39, 0.29) is 54.5 Å². The molecule has 0 spiro atoms. The summed E-state index contributed by atoms with van der Waals surface area (Å²) in [7, 11) is 1.00. The van der Waals surface area contributed by atoms with Crippen molar-refractivity contribution in [3.8, 4) is 23.0 Å². The number of rotatable bonds is 11. The molecule has 65 heavy (non-hydrogen) atoms. The molecule has 0 aliphatic heterocycles. The maximum atomic E-state index is 15.3. The average Bonchev–Trinajstić information content (AvgIpc) is 3.84. The molecule has 1 aliphatic rings. The van der Waals surface area contributed by atoms with Gasteiger partial charge in [0.25, 0.3) is 5.92 Å². The molecule has 2 N–H and O–H groups in total. The highest BCUT2D eigenvalue weighted by Crippen LogP contribution is 2.52. The molecule has 5 aromatic rings. The quantitative estimate of drug-likeness (QED) is 0.0764. The van der Waals surface area contributed by atoms with Crippen molar-refractivity contribution in [2.24, 2.45) is 0 Å². The molecule has 10 nitrogen and oxygen atoms in total. The zero-order valence-corrected chi connectivity index (χ0v) is 37.8. The van der Waals surface area contributed by atoms with Gasteiger partial charge in [-0.3, -0.25) is 19.0 Å². The predicted octanol–water partition coefficient (Wildman–Crippen LogP) is 10.2. The van der Waals surface area contributed by atoms with E-state index in [0.29, 0.717) is 10.7 Å². The third kappa shape index (κ3) is 11.4. The minimum atomic E-state index is -5.16. The van der Waals surface area contributed by atoms with E-state index < -0.39 is 101 Å². The van der Waals surface area contributed by atoms with Crippen LogP contribution in [0.15, 0.2) is 42.5 Å². The number of hydrogen-bond acceptors (Lipinski definition) is 8. The molecule has 2 amide bonds. The summed E-state index contributed by atoms with van der Waals surface area (Å²) in [5, 5.41) is 16.9. The molecule has 2 aromatic carbocycles. The van der Waals surface area contributed by atoms with Crippen LogP contribution in [0, 0.1) is 23.5 Å². The maximum Gasteiger partial charge on any atom is 0.435 e. The molecule has 1 unspecified atom stereocenters. The van der Waals surface area contributed by atoms with Crippen LogP contribution in [0.4, 0.5) is 49.7 Å². The van der Waals surface area contributed by atoms with Gasteiger partial charge in [-0.2, -0.15) is 45.3 Å². The maximum absolute atomic E-state index is 15.3. The molecule has 350 valence electrons. The van der Waals surface area contributed by atoms with Crippen LogP contribution in [0.25, 0.3) is 22.0 Å². The summed E-state index contributed by atoms with van der Waals surface area (Å²) in [5.41, 5.74) is -3.96. The van der Waals surface area contributed by atoms with Gasteiger partial charge in [0.2, 0.25) is 11.8 Å². The largest absolute Gasteiger partial charge is 0.435 e. The number of aliphatic hydroxyl groups excluding tert-OH is 1. The normalized spacial score (nSPS) is 15.2. The lowest BCUT2D eigenvalue weighted by Gasteiger charge is -2.23. The molecule has 0 fully saturated rings. The van der Waals surface area contributed by atoms with Crippen molar-refractivity contribution in [3.63, 3.8) is 0 Å². The Morgan fingerprint density at radius 3 is 2.20 bits per heavy atom. The third-order valence-electron chi connectivity index (χ3n) is 10.0. The van der Waals surface area contributed by atoms with Gasteiger partial charge < -0.3 is 10.4 Å². The summed E-state index contributed by atoms with van der Waals surface area (Å²) in [6.07, 6.45) is -8.23. The minimum absolute atomic E-state index is 0.0124. The van der Waals surface area contributed by atoms with Crippen LogP contribution in [0.2, 0.25) is 5.02 Å². The second-order valence-electron chi connectivity index (χ2n) is 15.2. The number of aliphatic hydroxyl groups is 1. The van der Waals surface area contributed by atoms with Gasteiger partial charge in [0.1, 0.15) is 36.1 Å². The van der Waals surface area contributed by atoms with Crippen LogP contribution in [0.1, 0.15) is 80.0 Å². The average molecular weight is 980 g/mol. The van der Waals surface area contributed by atoms with Crippen molar-refractivity contribution in [2.75, 3.05) is 23.9 Å². The summed E-state index contributed by atoms with van der Waals surface area (Å²) in [6, 6.07) is 6.37. The molecule has 0 bridgehead atoms. The van der Waals surface area contributed by atoms with Gasteiger partial charge in [0.15, 0.2) is 11.5 Å². The minimum Gasteiger partial charge on any atom is -0.400 e. The van der Waals surface area contributed by atoms with Crippen LogP contribution >= 0.6 is 35.3 Å². The third-order valence-corrected chi connectivity index (χ3v) is 12.2. The Kier molecular flexibility index (Phi) is 15.3. The first kappa shape index (κ1) is 51.0. The molecule has 1 aliphatic carbocycles. The number of thioether (sulfide) groups is 1. The molecule has 0 saturated carbocycles. The zero-order chi connectivity index (χ0) is 48.6. The molecule has 2 atom stereocenters. The molecule has 0 saturated heterocycles. The first-order chi connectivity index (χ1) is 30.2. The Morgan fingerprint density at radius 2 is 1.63 bits per heavy atom. The number of hydrogen-bond donors (Lipinski definition) is 2. The van der Waals surface area contributed by atoms with Gasteiger partial charge in [-0.25, -0.2) is 18.1 Å². The number of benzene rings is 2. The summed E-state index contributed by atoms with van der Waals surface area (Å²) >= 11 is 8.88. The first-order valence-electron chi connectivity index (χ1n) is 19.2. The number of nitrogens with zero attached hydrogens (tertiary/aromatic N) is 6. The van der Waals surface area contributed by atoms with Gasteiger partial charge in [-0.05, 0) is 86.2 Å². The number of fused-ring (bicyclic) bond motifs is 2. The second kappa shape index (κ2) is 19.5. The predicted molar refractivity (Wildman–Crippen MR) is 228 cm³/mol. The van der Waals surface area contributed by atoms with E-state index in [9.17, 15) is 44.7 Å². The monoisotopic (exact) mass is 979 g/mol. The number of amides is 2. The van der Waals surface area contributed by atoms with Crippen molar-refractivity contribution in [2.45, 2.75) is 88.6 Å². The smallest absolute Gasteiger partial charge is 0.400 e. The van der Waals surface area contributed by atoms with Gasteiger partial charge >= 0.3 is 12.4 Å². The zero-order valence-electron chi connectivity index (χ0n) is 35.4. The van der Waals surface area contributed by atoms with E-state index in [2.05, 4.69) is 27.4 Å². The van der Waals surface area contributed by atoms with E-state index in [4.69, 9.17) is 21.7 Å². The van der Waals surface area contributed by atoms with Crippen LogP contribution in [0.3, 0.4) is 0 Å². The Hall–Kier alpha value is -4.98. The summed E-state index contributed by atoms with van der Waals surface area (Å²) in [4.78, 5) is 31.5. The number of carbonyl (C=O) groups excluding carboxylic acids is 2. The molecule has 3 heterocycles. The summed E-state index contributed by atoms with van der Waals surface area (Å²) < 4.78 is 146. The van der Waals surface area contributed by atoms with Crippen molar-refractivity contribution in [1.29, 1.82) is 0 Å². The van der Waals surface area contributed by atoms with Gasteiger partial charge in [-0.1, -0.05) is 30.5 Å². The molecular weight excluding hydrogens is 940 g/mol. The standard InChI is InChI=1S/C41H36ClF10N7O2S2.CH4O/c1-20-17-39(45,46)36-31(20)35(41(50,51)52)55-57(36)18-30(61)54-29(15-22-13-23(43)16-24(44)14-22)33-26(8-7-25(53-33)11-12-38(3,4)62-5)27-9-10-28(42)32-34(27)58(19-40(47,48)49)56-37(32)59(63-6)21(2)60;1-2/h7-10,13-14,16,20,29H,15,17-19H2,1-6H3,(H,54,61);2H,1H3/t20-,29?;/m0./s1. The Labute approximate surface area is 379 Å². The van der Waals surface area contributed by atoms with Crippen molar-refractivity contribution >= 4 is 63.8 Å². The number of halogens is 11. The Bertz CT molecular complexity index is 2650.